The van der Waals surface area contributed by atoms with Crippen molar-refractivity contribution in [1.82, 2.24) is 0 Å². The van der Waals surface area contributed by atoms with Gasteiger partial charge in [-0.3, -0.25) is 9.59 Å². The van der Waals surface area contributed by atoms with Crippen LogP contribution in [0.3, 0.4) is 0 Å². The molecule has 0 aromatic heterocycles. The molecule has 0 bridgehead atoms. The van der Waals surface area contributed by atoms with Gasteiger partial charge < -0.3 is 14.9 Å². The van der Waals surface area contributed by atoms with E-state index in [0.717, 1.165) is 0 Å². The van der Waals surface area contributed by atoms with Crippen LogP contribution in [0.15, 0.2) is 36.4 Å². The lowest BCUT2D eigenvalue weighted by molar-refractivity contribution is 0.111. The van der Waals surface area contributed by atoms with Crippen molar-refractivity contribution in [3.63, 3.8) is 0 Å². The van der Waals surface area contributed by atoms with Gasteiger partial charge in [0.15, 0.2) is 35.6 Å². The Kier molecular flexibility index (Phi) is 3.47. The van der Waals surface area contributed by atoms with E-state index in [2.05, 4.69) is 0 Å². The molecule has 2 rings (SSSR count). The van der Waals surface area contributed by atoms with E-state index in [1.165, 1.54) is 36.4 Å². The SMILES string of the molecule is O=Cc1cccc(Oc2cccc(C=O)c2O)c1O. The van der Waals surface area contributed by atoms with Crippen molar-refractivity contribution in [2.75, 3.05) is 0 Å². The van der Waals surface area contributed by atoms with Gasteiger partial charge in [0.2, 0.25) is 0 Å². The normalized spacial score (nSPS) is 9.89. The van der Waals surface area contributed by atoms with Crippen LogP contribution < -0.4 is 4.74 Å². The van der Waals surface area contributed by atoms with Crippen molar-refractivity contribution in [2.24, 2.45) is 0 Å². The smallest absolute Gasteiger partial charge is 0.170 e. The molecule has 2 aromatic rings. The Morgan fingerprint density at radius 3 is 1.58 bits per heavy atom. The highest BCUT2D eigenvalue weighted by atomic mass is 16.5. The molecule has 2 aromatic carbocycles. The molecule has 0 saturated heterocycles. The first-order valence-corrected chi connectivity index (χ1v) is 5.39. The summed E-state index contributed by atoms with van der Waals surface area (Å²) in [5.41, 5.74) is 0.145. The first kappa shape index (κ1) is 12.6. The molecule has 5 nitrogen and oxygen atoms in total. The van der Waals surface area contributed by atoms with Crippen LogP contribution in [0.1, 0.15) is 20.7 Å². The summed E-state index contributed by atoms with van der Waals surface area (Å²) >= 11 is 0. The van der Waals surface area contributed by atoms with E-state index in [9.17, 15) is 19.8 Å². The summed E-state index contributed by atoms with van der Waals surface area (Å²) in [4.78, 5) is 21.4. The van der Waals surface area contributed by atoms with Gasteiger partial charge in [0, 0.05) is 0 Å². The Balaban J connectivity index is 2.42. The van der Waals surface area contributed by atoms with Crippen molar-refractivity contribution in [1.29, 1.82) is 0 Å². The molecule has 5 heteroatoms. The van der Waals surface area contributed by atoms with Gasteiger partial charge in [-0.1, -0.05) is 12.1 Å². The fourth-order valence-electron chi connectivity index (χ4n) is 1.55. The Bertz CT molecular complexity index is 578. The summed E-state index contributed by atoms with van der Waals surface area (Å²) < 4.78 is 5.31. The highest BCUT2D eigenvalue weighted by Gasteiger charge is 2.12. The minimum absolute atomic E-state index is 0.0166. The molecular weight excluding hydrogens is 248 g/mol. The number of ether oxygens (including phenoxy) is 1. The second-order valence-corrected chi connectivity index (χ2v) is 3.73. The maximum Gasteiger partial charge on any atom is 0.170 e. The molecule has 0 fully saturated rings. The molecule has 0 radical (unpaired) electrons. The van der Waals surface area contributed by atoms with E-state index in [4.69, 9.17) is 4.74 Å². The molecule has 0 heterocycles. The lowest BCUT2D eigenvalue weighted by Crippen LogP contribution is -1.90. The van der Waals surface area contributed by atoms with Gasteiger partial charge in [-0.15, -0.1) is 0 Å². The predicted octanol–water partition coefficient (Wildman–Crippen LogP) is 2.52. The van der Waals surface area contributed by atoms with Gasteiger partial charge in [-0.05, 0) is 24.3 Å². The van der Waals surface area contributed by atoms with E-state index < -0.39 is 0 Å². The monoisotopic (exact) mass is 258 g/mol. The molecule has 0 spiro atoms. The number of aldehydes is 2. The van der Waals surface area contributed by atoms with Crippen LogP contribution in [0.25, 0.3) is 0 Å². The molecule has 0 saturated carbocycles. The second-order valence-electron chi connectivity index (χ2n) is 3.73. The van der Waals surface area contributed by atoms with Crippen LogP contribution in [0.4, 0.5) is 0 Å². The number of hydrogen-bond donors (Lipinski definition) is 2. The minimum atomic E-state index is -0.326. The molecule has 0 unspecified atom stereocenters. The third kappa shape index (κ3) is 2.40. The van der Waals surface area contributed by atoms with Crippen molar-refractivity contribution in [3.05, 3.63) is 47.5 Å². The van der Waals surface area contributed by atoms with Crippen LogP contribution in [-0.4, -0.2) is 22.8 Å². The van der Waals surface area contributed by atoms with E-state index in [-0.39, 0.29) is 34.1 Å². The van der Waals surface area contributed by atoms with E-state index in [0.29, 0.717) is 12.6 Å². The number of phenolic OH excluding ortho intramolecular Hbond substituents is 2. The topological polar surface area (TPSA) is 83.8 Å². The Morgan fingerprint density at radius 2 is 1.21 bits per heavy atom. The summed E-state index contributed by atoms with van der Waals surface area (Å²) in [6.07, 6.45) is 0.980. The van der Waals surface area contributed by atoms with E-state index >= 15 is 0 Å². The lowest BCUT2D eigenvalue weighted by Gasteiger charge is -2.10. The molecule has 19 heavy (non-hydrogen) atoms. The zero-order valence-electron chi connectivity index (χ0n) is 9.74. The number of phenols is 2. The molecule has 0 aliphatic rings. The first-order valence-electron chi connectivity index (χ1n) is 5.39. The van der Waals surface area contributed by atoms with Crippen LogP contribution in [0, 0.1) is 0 Å². The molecule has 0 amide bonds. The van der Waals surface area contributed by atoms with Gasteiger partial charge >= 0.3 is 0 Å². The second kappa shape index (κ2) is 5.22. The number of rotatable bonds is 4. The average molecular weight is 258 g/mol. The largest absolute Gasteiger partial charge is 0.504 e. The number of para-hydroxylation sites is 2. The molecular formula is C14H10O5. The third-order valence-corrected chi connectivity index (χ3v) is 2.53. The molecule has 0 aliphatic heterocycles. The van der Waals surface area contributed by atoms with Crippen LogP contribution in [0.5, 0.6) is 23.0 Å². The van der Waals surface area contributed by atoms with Crippen molar-refractivity contribution >= 4 is 12.6 Å². The maximum atomic E-state index is 10.7. The first-order chi connectivity index (χ1) is 9.17. The van der Waals surface area contributed by atoms with Crippen LogP contribution in [-0.2, 0) is 0 Å². The average Bonchev–Trinajstić information content (AvgIpc) is 2.43. The fraction of sp³-hybridized carbons (Fsp3) is 0. The summed E-state index contributed by atoms with van der Waals surface area (Å²) in [5, 5.41) is 19.5. The Morgan fingerprint density at radius 1 is 0.789 bits per heavy atom. The highest BCUT2D eigenvalue weighted by molar-refractivity contribution is 5.82. The lowest BCUT2D eigenvalue weighted by atomic mass is 10.2. The van der Waals surface area contributed by atoms with Crippen molar-refractivity contribution in [2.45, 2.75) is 0 Å². The predicted molar refractivity (Wildman–Crippen MR) is 67.1 cm³/mol. The Hall–Kier alpha value is -2.82. The van der Waals surface area contributed by atoms with Crippen molar-refractivity contribution in [3.8, 4) is 23.0 Å². The van der Waals surface area contributed by atoms with E-state index in [1.807, 2.05) is 0 Å². The summed E-state index contributed by atoms with van der Waals surface area (Å²) in [6, 6.07) is 8.79. The Labute approximate surface area is 108 Å². The highest BCUT2D eigenvalue weighted by Crippen LogP contribution is 2.37. The van der Waals surface area contributed by atoms with Gasteiger partial charge in [0.1, 0.15) is 0 Å². The summed E-state index contributed by atoms with van der Waals surface area (Å²) in [5.74, 6) is -0.618. The number of carbonyl (C=O) groups is 2. The third-order valence-electron chi connectivity index (χ3n) is 2.53. The standard InChI is InChI=1S/C14H10O5/c15-7-9-3-1-5-11(13(9)17)19-12-6-2-4-10(8-16)14(12)18/h1-8,17-18H. The molecule has 0 aliphatic carbocycles. The van der Waals surface area contributed by atoms with Crippen LogP contribution >= 0.6 is 0 Å². The van der Waals surface area contributed by atoms with Crippen LogP contribution in [0.2, 0.25) is 0 Å². The zero-order chi connectivity index (χ0) is 13.8. The summed E-state index contributed by atoms with van der Waals surface area (Å²) in [6.45, 7) is 0. The minimum Gasteiger partial charge on any atom is -0.504 e. The molecule has 96 valence electrons. The van der Waals surface area contributed by atoms with Gasteiger partial charge in [-0.2, -0.15) is 0 Å². The number of hydrogen-bond acceptors (Lipinski definition) is 5. The fourth-order valence-corrected chi connectivity index (χ4v) is 1.55. The number of aromatic hydroxyl groups is 2. The van der Waals surface area contributed by atoms with Gasteiger partial charge in [0.05, 0.1) is 11.1 Å². The quantitative estimate of drug-likeness (QED) is 0.823. The van der Waals surface area contributed by atoms with Gasteiger partial charge in [-0.25, -0.2) is 0 Å². The molecule has 2 N–H and O–H groups in total. The van der Waals surface area contributed by atoms with Gasteiger partial charge in [0.25, 0.3) is 0 Å². The maximum absolute atomic E-state index is 10.7. The van der Waals surface area contributed by atoms with E-state index in [1.54, 1.807) is 0 Å². The summed E-state index contributed by atoms with van der Waals surface area (Å²) in [7, 11) is 0. The number of benzene rings is 2. The van der Waals surface area contributed by atoms with Crippen molar-refractivity contribution < 1.29 is 24.5 Å². The number of carbonyl (C=O) groups excluding carboxylic acids is 2. The zero-order valence-corrected chi connectivity index (χ0v) is 9.74. The molecule has 0 atom stereocenters.